The van der Waals surface area contributed by atoms with Gasteiger partial charge in [-0.2, -0.15) is 0 Å². The smallest absolute Gasteiger partial charge is 0.227 e. The number of carbonyl (C=O) groups is 2. The van der Waals surface area contributed by atoms with Crippen LogP contribution in [0.4, 0.5) is 0 Å². The molecule has 5 nitrogen and oxygen atoms in total. The molecular weight excluding hydrogens is 326 g/mol. The van der Waals surface area contributed by atoms with Gasteiger partial charge in [0.1, 0.15) is 0 Å². The van der Waals surface area contributed by atoms with Gasteiger partial charge < -0.3 is 9.80 Å². The minimum atomic E-state index is -0.0165. The molecule has 1 aromatic rings. The van der Waals surface area contributed by atoms with Gasteiger partial charge in [-0.05, 0) is 18.9 Å². The highest BCUT2D eigenvalue weighted by Gasteiger charge is 2.33. The average molecular weight is 355 g/mol. The molecule has 2 aliphatic rings. The molecule has 140 valence electrons. The quantitative estimate of drug-likeness (QED) is 0.812. The number of hydrogen-bond donors (Lipinski definition) is 0. The van der Waals surface area contributed by atoms with Gasteiger partial charge in [-0.15, -0.1) is 0 Å². The van der Waals surface area contributed by atoms with Gasteiger partial charge in [0.05, 0.1) is 5.92 Å². The highest BCUT2D eigenvalue weighted by atomic mass is 16.2. The van der Waals surface area contributed by atoms with Gasteiger partial charge in [0.25, 0.3) is 0 Å². The average Bonchev–Trinajstić information content (AvgIpc) is 2.69. The van der Waals surface area contributed by atoms with Crippen molar-refractivity contribution in [1.82, 2.24) is 14.7 Å². The van der Waals surface area contributed by atoms with E-state index in [2.05, 4.69) is 29.2 Å². The summed E-state index contributed by atoms with van der Waals surface area (Å²) in [6.07, 6.45) is 5.55. The van der Waals surface area contributed by atoms with Crippen molar-refractivity contribution in [1.29, 1.82) is 0 Å². The molecule has 1 atom stereocenters. The molecule has 5 heteroatoms. The number of benzene rings is 1. The minimum absolute atomic E-state index is 0.0165. The highest BCUT2D eigenvalue weighted by Crippen LogP contribution is 2.20. The van der Waals surface area contributed by atoms with E-state index in [1.54, 1.807) is 0 Å². The van der Waals surface area contributed by atoms with Crippen LogP contribution in [0, 0.1) is 5.92 Å². The Morgan fingerprint density at radius 3 is 2.58 bits per heavy atom. The number of piperazine rings is 1. The van der Waals surface area contributed by atoms with Gasteiger partial charge in [0.15, 0.2) is 0 Å². The Morgan fingerprint density at radius 1 is 1.15 bits per heavy atom. The lowest BCUT2D eigenvalue weighted by molar-refractivity contribution is -0.144. The fraction of sp³-hybridized carbons (Fsp3) is 0.524. The predicted octanol–water partition coefficient (Wildman–Crippen LogP) is 2.10. The van der Waals surface area contributed by atoms with Gasteiger partial charge in [-0.25, -0.2) is 0 Å². The zero-order valence-corrected chi connectivity index (χ0v) is 15.6. The first-order valence-corrected chi connectivity index (χ1v) is 9.68. The van der Waals surface area contributed by atoms with Gasteiger partial charge in [0, 0.05) is 52.2 Å². The van der Waals surface area contributed by atoms with E-state index in [4.69, 9.17) is 0 Å². The maximum atomic E-state index is 12.8. The number of likely N-dealkylation sites (tertiary alicyclic amines) is 1. The third-order valence-corrected chi connectivity index (χ3v) is 5.39. The van der Waals surface area contributed by atoms with Crippen LogP contribution in [-0.4, -0.2) is 72.3 Å². The number of piperidine rings is 1. The van der Waals surface area contributed by atoms with Crippen molar-refractivity contribution in [3.8, 4) is 0 Å². The van der Waals surface area contributed by atoms with E-state index in [0.717, 1.165) is 32.7 Å². The van der Waals surface area contributed by atoms with Crippen LogP contribution < -0.4 is 0 Å². The first-order valence-electron chi connectivity index (χ1n) is 9.68. The fourth-order valence-corrected chi connectivity index (χ4v) is 3.73. The molecule has 0 N–H and O–H groups in total. The summed E-state index contributed by atoms with van der Waals surface area (Å²) < 4.78 is 0. The van der Waals surface area contributed by atoms with Crippen molar-refractivity contribution < 1.29 is 9.59 Å². The summed E-state index contributed by atoms with van der Waals surface area (Å²) in [7, 11) is 0. The van der Waals surface area contributed by atoms with E-state index in [9.17, 15) is 9.59 Å². The Morgan fingerprint density at radius 2 is 1.88 bits per heavy atom. The Kier molecular flexibility index (Phi) is 6.45. The molecule has 2 heterocycles. The number of nitrogens with zero attached hydrogens (tertiary/aromatic N) is 3. The van der Waals surface area contributed by atoms with Gasteiger partial charge in [0.2, 0.25) is 11.8 Å². The summed E-state index contributed by atoms with van der Waals surface area (Å²) in [4.78, 5) is 30.8. The summed E-state index contributed by atoms with van der Waals surface area (Å²) in [6, 6.07) is 10.3. The molecule has 2 amide bonds. The summed E-state index contributed by atoms with van der Waals surface area (Å²) in [5.74, 6) is 0.402. The summed E-state index contributed by atoms with van der Waals surface area (Å²) in [5.41, 5.74) is 1.22. The fourth-order valence-electron chi connectivity index (χ4n) is 3.73. The number of hydrogen-bond acceptors (Lipinski definition) is 3. The van der Waals surface area contributed by atoms with Crippen LogP contribution in [0.2, 0.25) is 0 Å². The third-order valence-electron chi connectivity index (χ3n) is 5.39. The van der Waals surface area contributed by atoms with Crippen LogP contribution >= 0.6 is 0 Å². The van der Waals surface area contributed by atoms with E-state index >= 15 is 0 Å². The predicted molar refractivity (Wildman–Crippen MR) is 103 cm³/mol. The lowest BCUT2D eigenvalue weighted by Crippen LogP contribution is -2.53. The standard InChI is InChI=1S/C21H29N3O2/c1-2-23-17-19(10-11-20(23)25)21(26)24-15-13-22(14-16-24)12-6-9-18-7-4-3-5-8-18/h3-9,19H,2,10-17H2,1H3. The topological polar surface area (TPSA) is 43.9 Å². The minimum Gasteiger partial charge on any atom is -0.342 e. The first-order chi connectivity index (χ1) is 12.7. The normalized spacial score (nSPS) is 22.2. The monoisotopic (exact) mass is 355 g/mol. The van der Waals surface area contributed by atoms with E-state index in [1.165, 1.54) is 5.56 Å². The molecule has 0 aliphatic carbocycles. The van der Waals surface area contributed by atoms with Crippen LogP contribution in [0.5, 0.6) is 0 Å². The van der Waals surface area contributed by atoms with E-state index < -0.39 is 0 Å². The molecule has 2 fully saturated rings. The van der Waals surface area contributed by atoms with Gasteiger partial charge in [-0.3, -0.25) is 14.5 Å². The first kappa shape index (κ1) is 18.6. The van der Waals surface area contributed by atoms with Crippen LogP contribution in [0.15, 0.2) is 36.4 Å². The highest BCUT2D eigenvalue weighted by molar-refractivity contribution is 5.84. The van der Waals surface area contributed by atoms with Gasteiger partial charge >= 0.3 is 0 Å². The zero-order valence-electron chi connectivity index (χ0n) is 15.6. The molecule has 1 unspecified atom stereocenters. The number of amides is 2. The van der Waals surface area contributed by atoms with Crippen LogP contribution in [0.1, 0.15) is 25.3 Å². The van der Waals surface area contributed by atoms with E-state index in [0.29, 0.717) is 25.9 Å². The molecule has 1 aromatic carbocycles. The molecule has 2 saturated heterocycles. The van der Waals surface area contributed by atoms with E-state index in [1.807, 2.05) is 34.9 Å². The Labute approximate surface area is 156 Å². The summed E-state index contributed by atoms with van der Waals surface area (Å²) >= 11 is 0. The Balaban J connectivity index is 1.44. The van der Waals surface area contributed by atoms with Crippen molar-refractivity contribution >= 4 is 17.9 Å². The summed E-state index contributed by atoms with van der Waals surface area (Å²) in [5, 5.41) is 0. The second-order valence-corrected chi connectivity index (χ2v) is 7.11. The zero-order chi connectivity index (χ0) is 18.4. The molecule has 3 rings (SSSR count). The molecule has 0 spiro atoms. The maximum absolute atomic E-state index is 12.8. The molecule has 0 radical (unpaired) electrons. The Hall–Kier alpha value is -2.14. The lowest BCUT2D eigenvalue weighted by Gasteiger charge is -2.38. The lowest BCUT2D eigenvalue weighted by atomic mass is 9.95. The van der Waals surface area contributed by atoms with E-state index in [-0.39, 0.29) is 17.7 Å². The van der Waals surface area contributed by atoms with Crippen molar-refractivity contribution in [2.45, 2.75) is 19.8 Å². The van der Waals surface area contributed by atoms with Crippen molar-refractivity contribution in [2.24, 2.45) is 5.92 Å². The molecule has 0 aromatic heterocycles. The Bertz CT molecular complexity index is 636. The van der Waals surface area contributed by atoms with Crippen molar-refractivity contribution in [3.05, 3.63) is 42.0 Å². The molecule has 26 heavy (non-hydrogen) atoms. The van der Waals surface area contributed by atoms with Crippen molar-refractivity contribution in [2.75, 3.05) is 45.8 Å². The largest absolute Gasteiger partial charge is 0.342 e. The molecule has 2 aliphatic heterocycles. The van der Waals surface area contributed by atoms with Gasteiger partial charge in [-0.1, -0.05) is 42.5 Å². The number of carbonyl (C=O) groups excluding carboxylic acids is 2. The van der Waals surface area contributed by atoms with Crippen LogP contribution in [-0.2, 0) is 9.59 Å². The van der Waals surface area contributed by atoms with Crippen molar-refractivity contribution in [3.63, 3.8) is 0 Å². The van der Waals surface area contributed by atoms with Crippen LogP contribution in [0.3, 0.4) is 0 Å². The maximum Gasteiger partial charge on any atom is 0.227 e. The number of rotatable bonds is 5. The van der Waals surface area contributed by atoms with Crippen LogP contribution in [0.25, 0.3) is 6.08 Å². The molecule has 0 bridgehead atoms. The second-order valence-electron chi connectivity index (χ2n) is 7.11. The third kappa shape index (κ3) is 4.73. The molecular formula is C21H29N3O2. The summed E-state index contributed by atoms with van der Waals surface area (Å²) in [6.45, 7) is 7.58. The SMILES string of the molecule is CCN1CC(C(=O)N2CCN(CC=Cc3ccccc3)CC2)CCC1=O. The second kappa shape index (κ2) is 8.99. The molecule has 0 saturated carbocycles.